The Labute approximate surface area is 412 Å². The molecule has 0 heterocycles. The molecule has 0 aliphatic heterocycles. The Bertz CT molecular complexity index is 3660. The molecule has 334 valence electrons. The van der Waals surface area contributed by atoms with Gasteiger partial charge in [-0.3, -0.25) is 0 Å². The predicted octanol–water partition coefficient (Wildman–Crippen LogP) is 18.9. The van der Waals surface area contributed by atoms with Gasteiger partial charge in [0, 0.05) is 16.7 Å². The third-order valence-corrected chi connectivity index (χ3v) is 15.6. The van der Waals surface area contributed by atoms with Crippen molar-refractivity contribution in [2.45, 2.75) is 43.4 Å². The highest BCUT2D eigenvalue weighted by molar-refractivity contribution is 6.08. The van der Waals surface area contributed by atoms with E-state index in [0.717, 1.165) is 17.1 Å². The van der Waals surface area contributed by atoms with Crippen LogP contribution in [0.15, 0.2) is 255 Å². The molecule has 0 atom stereocenters. The summed E-state index contributed by atoms with van der Waals surface area (Å²) in [5.74, 6) is 0.552. The lowest BCUT2D eigenvalue weighted by molar-refractivity contribution is 0.445. The Hall–Kier alpha value is -8.26. The smallest absolute Gasteiger partial charge is 0.0713 e. The maximum absolute atomic E-state index is 2.59. The lowest BCUT2D eigenvalue weighted by atomic mass is 9.67. The topological polar surface area (TPSA) is 3.24 Å². The fourth-order valence-corrected chi connectivity index (χ4v) is 12.6. The van der Waals surface area contributed by atoms with E-state index in [0.29, 0.717) is 5.92 Å². The maximum atomic E-state index is 2.59. The van der Waals surface area contributed by atoms with Crippen LogP contribution in [-0.2, 0) is 5.41 Å². The lowest BCUT2D eigenvalue weighted by Gasteiger charge is -2.34. The van der Waals surface area contributed by atoms with Gasteiger partial charge in [-0.1, -0.05) is 256 Å². The van der Waals surface area contributed by atoms with Crippen LogP contribution in [0.4, 0.5) is 17.1 Å². The first kappa shape index (κ1) is 41.9. The summed E-state index contributed by atoms with van der Waals surface area (Å²) in [6.07, 6.45) is 6.40. The predicted molar refractivity (Wildman–Crippen MR) is 296 cm³/mol. The summed E-state index contributed by atoms with van der Waals surface area (Å²) >= 11 is 0. The zero-order valence-electron chi connectivity index (χ0n) is 39.3. The summed E-state index contributed by atoms with van der Waals surface area (Å²) in [4.78, 5) is 2.59. The van der Waals surface area contributed by atoms with E-state index in [1.165, 1.54) is 126 Å². The van der Waals surface area contributed by atoms with E-state index in [1.807, 2.05) is 0 Å². The molecule has 2 aliphatic rings. The normalized spacial score (nSPS) is 14.1. The number of hydrogen-bond donors (Lipinski definition) is 0. The number of fused-ring (bicyclic) bond motifs is 5. The molecule has 2 aliphatic carbocycles. The van der Waals surface area contributed by atoms with Gasteiger partial charge in [0.1, 0.15) is 0 Å². The van der Waals surface area contributed by atoms with Gasteiger partial charge in [-0.15, -0.1) is 0 Å². The van der Waals surface area contributed by atoms with Gasteiger partial charge >= 0.3 is 0 Å². The number of benzene rings is 11. The van der Waals surface area contributed by atoms with Crippen LogP contribution in [0.5, 0.6) is 0 Å². The molecule has 70 heavy (non-hydrogen) atoms. The van der Waals surface area contributed by atoms with E-state index in [9.17, 15) is 0 Å². The monoisotopic (exact) mass is 895 g/mol. The molecular formula is C69H53N. The van der Waals surface area contributed by atoms with E-state index in [-0.39, 0.29) is 0 Å². The number of rotatable bonds is 9. The molecule has 0 unspecified atom stereocenters. The van der Waals surface area contributed by atoms with Crippen molar-refractivity contribution in [2.24, 2.45) is 0 Å². The second kappa shape index (κ2) is 17.7. The van der Waals surface area contributed by atoms with Crippen LogP contribution in [0.25, 0.3) is 66.1 Å². The number of hydrogen-bond acceptors (Lipinski definition) is 1. The van der Waals surface area contributed by atoms with E-state index in [4.69, 9.17) is 0 Å². The van der Waals surface area contributed by atoms with Gasteiger partial charge in [0.05, 0.1) is 22.5 Å². The van der Waals surface area contributed by atoms with Crippen molar-refractivity contribution in [3.63, 3.8) is 0 Å². The Kier molecular flexibility index (Phi) is 10.6. The SMILES string of the molecule is c1ccc(C2(c3ccccc3)c3ccccc3-c3c(-c4ccccc4N(c4ccccc4-c4cccc5ccccc45)c4ccccc4-c4cccc5cccc(C6CCCCC6)c45)cccc32)cc1. The molecule has 11 aromatic rings. The molecule has 0 spiro atoms. The van der Waals surface area contributed by atoms with Crippen molar-refractivity contribution in [1.29, 1.82) is 0 Å². The molecule has 13 rings (SSSR count). The molecule has 0 amide bonds. The van der Waals surface area contributed by atoms with Gasteiger partial charge in [-0.05, 0) is 114 Å². The van der Waals surface area contributed by atoms with E-state index in [1.54, 1.807) is 0 Å². The van der Waals surface area contributed by atoms with Gasteiger partial charge in [-0.25, -0.2) is 0 Å². The van der Waals surface area contributed by atoms with Gasteiger partial charge in [-0.2, -0.15) is 0 Å². The fourth-order valence-electron chi connectivity index (χ4n) is 12.6. The summed E-state index contributed by atoms with van der Waals surface area (Å²) in [6, 6.07) is 95.4. The molecule has 1 saturated carbocycles. The second-order valence-corrected chi connectivity index (χ2v) is 19.3. The second-order valence-electron chi connectivity index (χ2n) is 19.3. The molecule has 0 radical (unpaired) electrons. The first-order valence-electron chi connectivity index (χ1n) is 25.2. The Morgan fingerprint density at radius 2 is 0.757 bits per heavy atom. The third-order valence-electron chi connectivity index (χ3n) is 15.6. The molecule has 0 aromatic heterocycles. The highest BCUT2D eigenvalue weighted by Crippen LogP contribution is 2.59. The summed E-state index contributed by atoms with van der Waals surface area (Å²) in [5.41, 5.74) is 19.3. The van der Waals surface area contributed by atoms with Crippen LogP contribution in [0.3, 0.4) is 0 Å². The minimum absolute atomic E-state index is 0.517. The summed E-state index contributed by atoms with van der Waals surface area (Å²) < 4.78 is 0. The largest absolute Gasteiger partial charge is 0.309 e. The van der Waals surface area contributed by atoms with E-state index < -0.39 is 5.41 Å². The Balaban J connectivity index is 1.11. The van der Waals surface area contributed by atoms with Crippen molar-refractivity contribution < 1.29 is 0 Å². The van der Waals surface area contributed by atoms with Crippen molar-refractivity contribution in [3.8, 4) is 44.5 Å². The van der Waals surface area contributed by atoms with Crippen LogP contribution >= 0.6 is 0 Å². The zero-order chi connectivity index (χ0) is 46.4. The molecule has 11 aromatic carbocycles. The van der Waals surface area contributed by atoms with Crippen LogP contribution in [-0.4, -0.2) is 0 Å². The van der Waals surface area contributed by atoms with Gasteiger partial charge in [0.25, 0.3) is 0 Å². The summed E-state index contributed by atoms with van der Waals surface area (Å²) in [5, 5.41) is 5.15. The quantitative estimate of drug-likeness (QED) is 0.140. The molecule has 1 nitrogen and oxygen atoms in total. The summed E-state index contributed by atoms with van der Waals surface area (Å²) in [7, 11) is 0. The van der Waals surface area contributed by atoms with Gasteiger partial charge in [0.2, 0.25) is 0 Å². The van der Waals surface area contributed by atoms with Crippen LogP contribution in [0, 0.1) is 0 Å². The van der Waals surface area contributed by atoms with E-state index in [2.05, 4.69) is 260 Å². The summed E-state index contributed by atoms with van der Waals surface area (Å²) in [6.45, 7) is 0. The molecular weight excluding hydrogens is 843 g/mol. The maximum Gasteiger partial charge on any atom is 0.0713 e. The molecule has 0 saturated heterocycles. The molecule has 1 fully saturated rings. The molecule has 1 heteroatoms. The number of para-hydroxylation sites is 3. The molecule has 0 bridgehead atoms. The third kappa shape index (κ3) is 6.75. The highest BCUT2D eigenvalue weighted by Gasteiger charge is 2.47. The van der Waals surface area contributed by atoms with Crippen molar-refractivity contribution in [3.05, 3.63) is 283 Å². The van der Waals surface area contributed by atoms with Crippen molar-refractivity contribution in [2.75, 3.05) is 4.90 Å². The minimum atomic E-state index is -0.517. The van der Waals surface area contributed by atoms with Crippen LogP contribution < -0.4 is 4.90 Å². The fraction of sp³-hybridized carbons (Fsp3) is 0.101. The van der Waals surface area contributed by atoms with Crippen LogP contribution in [0.1, 0.15) is 65.8 Å². The van der Waals surface area contributed by atoms with E-state index >= 15 is 0 Å². The highest BCUT2D eigenvalue weighted by atomic mass is 15.1. The Morgan fingerprint density at radius 3 is 1.43 bits per heavy atom. The first-order valence-corrected chi connectivity index (χ1v) is 25.2. The average Bonchev–Trinajstić information content (AvgIpc) is 3.75. The minimum Gasteiger partial charge on any atom is -0.309 e. The lowest BCUT2D eigenvalue weighted by Crippen LogP contribution is -2.28. The van der Waals surface area contributed by atoms with Crippen LogP contribution in [0.2, 0.25) is 0 Å². The van der Waals surface area contributed by atoms with Crippen molar-refractivity contribution in [1.82, 2.24) is 0 Å². The van der Waals surface area contributed by atoms with Gasteiger partial charge < -0.3 is 4.90 Å². The molecule has 0 N–H and O–H groups in total. The average molecular weight is 896 g/mol. The zero-order valence-corrected chi connectivity index (χ0v) is 39.3. The Morgan fingerprint density at radius 1 is 0.314 bits per heavy atom. The van der Waals surface area contributed by atoms with Crippen molar-refractivity contribution >= 4 is 38.6 Å². The van der Waals surface area contributed by atoms with Gasteiger partial charge in [0.15, 0.2) is 0 Å². The standard InChI is InChI=1S/C69H53N/c1-4-24-49(25-5-1)54-39-21-28-50-29-22-41-59(67(50)54)57-36-14-18-46-65(57)70(64-45-17-13-35-56(64)55-40-20-27-48-26-10-11-34-53(48)55)66-47-19-15-37-58(66)60-42-23-44-63-68(60)61-38-12-16-43-62(61)69(63,51-30-6-2-7-31-51)52-32-8-3-9-33-52/h2-3,6-23,26-47,49H,1,4-5,24-25H2. The number of anilines is 3. The number of nitrogens with zero attached hydrogens (tertiary/aromatic N) is 1. The first-order chi connectivity index (χ1) is 34.8.